The van der Waals surface area contributed by atoms with Crippen LogP contribution in [0.4, 0.5) is 5.69 Å². The number of rotatable bonds is 3. The summed E-state index contributed by atoms with van der Waals surface area (Å²) in [5.41, 5.74) is 0.291. The first kappa shape index (κ1) is 16.0. The van der Waals surface area contributed by atoms with Crippen LogP contribution in [0.15, 0.2) is 34.4 Å². The Morgan fingerprint density at radius 2 is 1.86 bits per heavy atom. The van der Waals surface area contributed by atoms with Crippen LogP contribution in [0, 0.1) is 0 Å². The number of ether oxygens (including phenoxy) is 2. The standard InChI is InChI=1S/C14H12BrNO6/c1-14(2)21-12(19)8(13(20)22-14)6-16-10-4-3-7(11(17)18)5-9(10)15/h3-6,16H,1-2H3,(H,17,18). The van der Waals surface area contributed by atoms with E-state index in [9.17, 15) is 14.4 Å². The van der Waals surface area contributed by atoms with Gasteiger partial charge in [-0.3, -0.25) is 0 Å². The van der Waals surface area contributed by atoms with Crippen molar-refractivity contribution >= 4 is 39.5 Å². The summed E-state index contributed by atoms with van der Waals surface area (Å²) in [4.78, 5) is 34.3. The first-order chi connectivity index (χ1) is 10.2. The maximum Gasteiger partial charge on any atom is 0.350 e. The van der Waals surface area contributed by atoms with Gasteiger partial charge in [0.05, 0.1) is 11.3 Å². The lowest BCUT2D eigenvalue weighted by Gasteiger charge is -2.29. The smallest absolute Gasteiger partial charge is 0.350 e. The lowest BCUT2D eigenvalue weighted by molar-refractivity contribution is -0.222. The zero-order valence-corrected chi connectivity index (χ0v) is 13.3. The van der Waals surface area contributed by atoms with Gasteiger partial charge in [-0.25, -0.2) is 14.4 Å². The molecule has 1 aromatic rings. The van der Waals surface area contributed by atoms with E-state index in [1.165, 1.54) is 32.0 Å². The van der Waals surface area contributed by atoms with Gasteiger partial charge in [0.2, 0.25) is 0 Å². The summed E-state index contributed by atoms with van der Waals surface area (Å²) in [5, 5.41) is 11.6. The van der Waals surface area contributed by atoms with Crippen LogP contribution < -0.4 is 5.32 Å². The predicted octanol–water partition coefficient (Wildman–Crippen LogP) is 2.28. The molecule has 1 heterocycles. The summed E-state index contributed by atoms with van der Waals surface area (Å²) in [6.45, 7) is 2.91. The summed E-state index contributed by atoms with van der Waals surface area (Å²) in [7, 11) is 0. The molecule has 0 aliphatic carbocycles. The molecule has 1 aliphatic heterocycles. The molecule has 1 aliphatic rings. The van der Waals surface area contributed by atoms with Crippen molar-refractivity contribution in [3.8, 4) is 0 Å². The second-order valence-corrected chi connectivity index (χ2v) is 5.74. The Morgan fingerprint density at radius 1 is 1.27 bits per heavy atom. The SMILES string of the molecule is CC1(C)OC(=O)C(=CNc2ccc(C(=O)O)cc2Br)C(=O)O1. The number of aromatic carboxylic acids is 1. The van der Waals surface area contributed by atoms with Crippen molar-refractivity contribution in [2.24, 2.45) is 0 Å². The van der Waals surface area contributed by atoms with Crippen LogP contribution in [-0.2, 0) is 19.1 Å². The second-order valence-electron chi connectivity index (χ2n) is 4.88. The van der Waals surface area contributed by atoms with Gasteiger partial charge in [-0.05, 0) is 34.1 Å². The van der Waals surface area contributed by atoms with E-state index in [1.54, 1.807) is 0 Å². The van der Waals surface area contributed by atoms with Crippen molar-refractivity contribution in [3.05, 3.63) is 40.0 Å². The Kier molecular flexibility index (Phi) is 4.23. The van der Waals surface area contributed by atoms with E-state index in [2.05, 4.69) is 21.2 Å². The van der Waals surface area contributed by atoms with Gasteiger partial charge in [0, 0.05) is 24.5 Å². The second kappa shape index (κ2) is 5.80. The number of hydrogen-bond donors (Lipinski definition) is 2. The van der Waals surface area contributed by atoms with E-state index in [-0.39, 0.29) is 11.1 Å². The quantitative estimate of drug-likeness (QED) is 0.478. The van der Waals surface area contributed by atoms with Crippen molar-refractivity contribution in [3.63, 3.8) is 0 Å². The number of carbonyl (C=O) groups excluding carboxylic acids is 2. The van der Waals surface area contributed by atoms with Crippen molar-refractivity contribution in [1.29, 1.82) is 0 Å². The Balaban J connectivity index is 2.20. The number of carboxylic acid groups (broad SMARTS) is 1. The van der Waals surface area contributed by atoms with E-state index in [1.807, 2.05) is 0 Å². The van der Waals surface area contributed by atoms with Gasteiger partial charge in [-0.1, -0.05) is 0 Å². The van der Waals surface area contributed by atoms with Crippen LogP contribution in [0.5, 0.6) is 0 Å². The van der Waals surface area contributed by atoms with Gasteiger partial charge >= 0.3 is 17.9 Å². The molecule has 0 saturated carbocycles. The highest BCUT2D eigenvalue weighted by Crippen LogP contribution is 2.26. The Hall–Kier alpha value is -2.35. The Labute approximate surface area is 134 Å². The van der Waals surface area contributed by atoms with E-state index in [0.717, 1.165) is 6.20 Å². The maximum absolute atomic E-state index is 11.7. The number of carboxylic acids is 1. The molecule has 0 unspecified atom stereocenters. The number of carbonyl (C=O) groups is 3. The molecule has 116 valence electrons. The molecule has 1 saturated heterocycles. The molecule has 2 rings (SSSR count). The molecule has 0 atom stereocenters. The molecule has 8 heteroatoms. The molecule has 0 aromatic heterocycles. The normalized spacial score (nSPS) is 16.6. The molecule has 0 amide bonds. The van der Waals surface area contributed by atoms with Crippen molar-refractivity contribution in [2.45, 2.75) is 19.6 Å². The Morgan fingerprint density at radius 3 is 2.36 bits per heavy atom. The van der Waals surface area contributed by atoms with Gasteiger partial charge in [0.1, 0.15) is 0 Å². The van der Waals surface area contributed by atoms with E-state index in [0.29, 0.717) is 10.2 Å². The van der Waals surface area contributed by atoms with Crippen LogP contribution in [0.2, 0.25) is 0 Å². The van der Waals surface area contributed by atoms with Gasteiger partial charge in [-0.15, -0.1) is 0 Å². The first-order valence-corrected chi connectivity index (χ1v) is 6.95. The fraction of sp³-hybridized carbons (Fsp3) is 0.214. The molecule has 1 fully saturated rings. The number of halogens is 1. The van der Waals surface area contributed by atoms with E-state index < -0.39 is 23.7 Å². The molecular formula is C14H12BrNO6. The Bertz CT molecular complexity index is 673. The van der Waals surface area contributed by atoms with Crippen LogP contribution in [0.1, 0.15) is 24.2 Å². The predicted molar refractivity (Wildman–Crippen MR) is 79.1 cm³/mol. The number of cyclic esters (lactones) is 2. The van der Waals surface area contributed by atoms with E-state index in [4.69, 9.17) is 14.6 Å². The maximum atomic E-state index is 11.7. The monoisotopic (exact) mass is 369 g/mol. The third-order valence-electron chi connectivity index (χ3n) is 2.70. The third kappa shape index (κ3) is 3.45. The van der Waals surface area contributed by atoms with Crippen LogP contribution in [0.3, 0.4) is 0 Å². The zero-order valence-electron chi connectivity index (χ0n) is 11.7. The van der Waals surface area contributed by atoms with Gasteiger partial charge in [0.25, 0.3) is 5.79 Å². The fourth-order valence-corrected chi connectivity index (χ4v) is 2.19. The van der Waals surface area contributed by atoms with Crippen LogP contribution in [0.25, 0.3) is 0 Å². The minimum Gasteiger partial charge on any atom is -0.478 e. The van der Waals surface area contributed by atoms with Gasteiger partial charge < -0.3 is 19.9 Å². The minimum atomic E-state index is -1.30. The molecule has 2 N–H and O–H groups in total. The summed E-state index contributed by atoms with van der Waals surface area (Å²) < 4.78 is 10.4. The number of benzene rings is 1. The lowest BCUT2D eigenvalue weighted by atomic mass is 10.2. The highest BCUT2D eigenvalue weighted by molar-refractivity contribution is 9.10. The van der Waals surface area contributed by atoms with Crippen molar-refractivity contribution < 1.29 is 29.0 Å². The summed E-state index contributed by atoms with van der Waals surface area (Å²) in [6, 6.07) is 4.27. The topological polar surface area (TPSA) is 102 Å². The highest BCUT2D eigenvalue weighted by Gasteiger charge is 2.38. The molecule has 1 aromatic carbocycles. The average molecular weight is 370 g/mol. The van der Waals surface area contributed by atoms with Gasteiger partial charge in [0.15, 0.2) is 5.57 Å². The molecule has 0 bridgehead atoms. The number of esters is 2. The van der Waals surface area contributed by atoms with Crippen LogP contribution in [-0.4, -0.2) is 28.8 Å². The number of anilines is 1. The summed E-state index contributed by atoms with van der Waals surface area (Å²) in [6.07, 6.45) is 1.15. The molecule has 0 radical (unpaired) electrons. The summed E-state index contributed by atoms with van der Waals surface area (Å²) in [5.74, 6) is -3.96. The van der Waals surface area contributed by atoms with Crippen molar-refractivity contribution in [1.82, 2.24) is 0 Å². The van der Waals surface area contributed by atoms with Gasteiger partial charge in [-0.2, -0.15) is 0 Å². The molecule has 0 spiro atoms. The van der Waals surface area contributed by atoms with E-state index >= 15 is 0 Å². The molecular weight excluding hydrogens is 358 g/mol. The summed E-state index contributed by atoms with van der Waals surface area (Å²) >= 11 is 3.20. The van der Waals surface area contributed by atoms with Crippen molar-refractivity contribution in [2.75, 3.05) is 5.32 Å². The van der Waals surface area contributed by atoms with Crippen LogP contribution >= 0.6 is 15.9 Å². The molecule has 22 heavy (non-hydrogen) atoms. The fourth-order valence-electron chi connectivity index (χ4n) is 1.69. The first-order valence-electron chi connectivity index (χ1n) is 6.16. The number of nitrogens with one attached hydrogen (secondary N) is 1. The lowest BCUT2D eigenvalue weighted by Crippen LogP contribution is -2.42. The average Bonchev–Trinajstić information content (AvgIpc) is 2.37. The third-order valence-corrected chi connectivity index (χ3v) is 3.36. The highest BCUT2D eigenvalue weighted by atomic mass is 79.9. The number of hydrogen-bond acceptors (Lipinski definition) is 6. The minimum absolute atomic E-state index is 0.100. The largest absolute Gasteiger partial charge is 0.478 e. The zero-order chi connectivity index (χ0) is 16.5. The molecule has 7 nitrogen and oxygen atoms in total.